The van der Waals surface area contributed by atoms with Crippen molar-refractivity contribution < 1.29 is 14.3 Å². The quantitative estimate of drug-likeness (QED) is 0.581. The monoisotopic (exact) mass is 316 g/mol. The summed E-state index contributed by atoms with van der Waals surface area (Å²) in [6.45, 7) is 5.63. The van der Waals surface area contributed by atoms with Crippen LogP contribution in [-0.4, -0.2) is 12.6 Å². The molecule has 0 aromatic heterocycles. The third-order valence-corrected chi connectivity index (χ3v) is 3.23. The van der Waals surface area contributed by atoms with Crippen LogP contribution < -0.4 is 4.74 Å². The van der Waals surface area contributed by atoms with E-state index in [2.05, 4.69) is 6.58 Å². The van der Waals surface area contributed by atoms with Gasteiger partial charge in [0, 0.05) is 10.6 Å². The number of ether oxygens (including phenoxy) is 2. The van der Waals surface area contributed by atoms with Crippen molar-refractivity contribution in [1.82, 2.24) is 0 Å². The molecule has 2 rings (SSSR count). The highest BCUT2D eigenvalue weighted by molar-refractivity contribution is 6.30. The Bertz CT molecular complexity index is 650. The minimum Gasteiger partial charge on any atom is -0.474 e. The fourth-order valence-electron chi connectivity index (χ4n) is 1.93. The van der Waals surface area contributed by atoms with Crippen molar-refractivity contribution in [3.8, 4) is 5.75 Å². The Morgan fingerprint density at radius 1 is 1.27 bits per heavy atom. The first-order chi connectivity index (χ1) is 10.6. The third-order valence-electron chi connectivity index (χ3n) is 2.97. The van der Waals surface area contributed by atoms with E-state index < -0.39 is 12.1 Å². The van der Waals surface area contributed by atoms with Crippen molar-refractivity contribution in [2.24, 2.45) is 0 Å². The summed E-state index contributed by atoms with van der Waals surface area (Å²) in [7, 11) is 0. The maximum absolute atomic E-state index is 12.2. The Labute approximate surface area is 135 Å². The number of aryl methyl sites for hydroxylation is 1. The molecule has 0 radical (unpaired) electrons. The van der Waals surface area contributed by atoms with Crippen molar-refractivity contribution in [2.45, 2.75) is 13.0 Å². The zero-order chi connectivity index (χ0) is 15.9. The third kappa shape index (κ3) is 4.37. The second-order valence-electron chi connectivity index (χ2n) is 4.78. The summed E-state index contributed by atoms with van der Waals surface area (Å²) < 4.78 is 11.0. The molecule has 22 heavy (non-hydrogen) atoms. The molecule has 2 aromatic carbocycles. The van der Waals surface area contributed by atoms with Crippen LogP contribution in [-0.2, 0) is 9.53 Å². The predicted molar refractivity (Wildman–Crippen MR) is 87.2 cm³/mol. The summed E-state index contributed by atoms with van der Waals surface area (Å²) in [5, 5.41) is 0.595. The minimum absolute atomic E-state index is 0.139. The van der Waals surface area contributed by atoms with Crippen molar-refractivity contribution in [3.63, 3.8) is 0 Å². The highest BCUT2D eigenvalue weighted by atomic mass is 35.5. The van der Waals surface area contributed by atoms with E-state index in [1.807, 2.05) is 25.1 Å². The van der Waals surface area contributed by atoms with Crippen LogP contribution in [0.15, 0.2) is 61.2 Å². The van der Waals surface area contributed by atoms with Gasteiger partial charge < -0.3 is 9.47 Å². The second kappa shape index (κ2) is 7.66. The Hall–Kier alpha value is -2.26. The Balaban J connectivity index is 2.26. The van der Waals surface area contributed by atoms with Crippen LogP contribution in [0.4, 0.5) is 0 Å². The number of esters is 1. The Kier molecular flexibility index (Phi) is 5.61. The number of benzene rings is 2. The van der Waals surface area contributed by atoms with Crippen molar-refractivity contribution in [3.05, 3.63) is 77.3 Å². The molecule has 114 valence electrons. The van der Waals surface area contributed by atoms with Gasteiger partial charge in [0.1, 0.15) is 12.4 Å². The molecule has 4 heteroatoms. The van der Waals surface area contributed by atoms with E-state index in [9.17, 15) is 4.79 Å². The van der Waals surface area contributed by atoms with E-state index in [4.69, 9.17) is 21.1 Å². The molecule has 0 aliphatic heterocycles. The van der Waals surface area contributed by atoms with Gasteiger partial charge in [-0.1, -0.05) is 48.5 Å². The number of rotatable bonds is 6. The lowest BCUT2D eigenvalue weighted by molar-refractivity contribution is -0.151. The van der Waals surface area contributed by atoms with Gasteiger partial charge in [0.05, 0.1) is 0 Å². The zero-order valence-electron chi connectivity index (χ0n) is 12.3. The van der Waals surface area contributed by atoms with Gasteiger partial charge in [-0.15, -0.1) is 0 Å². The van der Waals surface area contributed by atoms with Gasteiger partial charge in [-0.25, -0.2) is 4.79 Å². The van der Waals surface area contributed by atoms with Gasteiger partial charge in [0.2, 0.25) is 6.10 Å². The average Bonchev–Trinajstić information content (AvgIpc) is 2.51. The molecule has 1 unspecified atom stereocenters. The van der Waals surface area contributed by atoms with E-state index >= 15 is 0 Å². The lowest BCUT2D eigenvalue weighted by Crippen LogP contribution is -2.21. The molecule has 0 saturated heterocycles. The van der Waals surface area contributed by atoms with E-state index in [0.717, 1.165) is 5.56 Å². The molecule has 2 aromatic rings. The molecule has 0 bridgehead atoms. The molecule has 0 N–H and O–H groups in total. The van der Waals surface area contributed by atoms with Gasteiger partial charge in [0.25, 0.3) is 0 Å². The lowest BCUT2D eigenvalue weighted by atomic mass is 10.1. The molecule has 0 fully saturated rings. The summed E-state index contributed by atoms with van der Waals surface area (Å²) in [5.41, 5.74) is 1.73. The predicted octanol–water partition coefficient (Wildman–Crippen LogP) is 4.50. The van der Waals surface area contributed by atoms with Crippen molar-refractivity contribution in [1.29, 1.82) is 0 Å². The molecule has 0 heterocycles. The number of hydrogen-bond acceptors (Lipinski definition) is 3. The molecular weight excluding hydrogens is 300 g/mol. The van der Waals surface area contributed by atoms with Crippen LogP contribution in [0.25, 0.3) is 0 Å². The molecule has 3 nitrogen and oxygen atoms in total. The van der Waals surface area contributed by atoms with Crippen LogP contribution in [0.2, 0.25) is 5.02 Å². The summed E-state index contributed by atoms with van der Waals surface area (Å²) in [4.78, 5) is 12.2. The van der Waals surface area contributed by atoms with Gasteiger partial charge in [-0.05, 0) is 36.8 Å². The van der Waals surface area contributed by atoms with Crippen LogP contribution in [0, 0.1) is 6.92 Å². The first kappa shape index (κ1) is 16.1. The molecule has 0 amide bonds. The first-order valence-electron chi connectivity index (χ1n) is 6.86. The lowest BCUT2D eigenvalue weighted by Gasteiger charge is -2.18. The summed E-state index contributed by atoms with van der Waals surface area (Å²) in [6.07, 6.45) is 0.669. The molecule has 0 spiro atoms. The topological polar surface area (TPSA) is 35.5 Å². The highest BCUT2D eigenvalue weighted by Gasteiger charge is 2.24. The van der Waals surface area contributed by atoms with Crippen LogP contribution in [0.1, 0.15) is 17.2 Å². The number of carbonyl (C=O) groups is 1. The smallest absolute Gasteiger partial charge is 0.352 e. The number of carbonyl (C=O) groups excluding carboxylic acids is 1. The van der Waals surface area contributed by atoms with E-state index in [-0.39, 0.29) is 6.61 Å². The fourth-order valence-corrected chi connectivity index (χ4v) is 2.06. The zero-order valence-corrected chi connectivity index (χ0v) is 13.0. The van der Waals surface area contributed by atoms with Crippen LogP contribution in [0.3, 0.4) is 0 Å². The summed E-state index contributed by atoms with van der Waals surface area (Å²) in [6, 6.07) is 14.4. The van der Waals surface area contributed by atoms with Crippen LogP contribution >= 0.6 is 11.6 Å². The number of hydrogen-bond donors (Lipinski definition) is 0. The normalized spacial score (nSPS) is 11.5. The van der Waals surface area contributed by atoms with Gasteiger partial charge in [-0.3, -0.25) is 0 Å². The largest absolute Gasteiger partial charge is 0.474 e. The Morgan fingerprint density at radius 2 is 2.00 bits per heavy atom. The first-order valence-corrected chi connectivity index (χ1v) is 7.24. The standard InChI is InChI=1S/C18H17ClO3/c1-3-11-21-18(20)17(14-7-9-15(19)10-8-14)22-16-6-4-5-13(2)12-16/h3-10,12,17H,1,11H2,2H3. The molecule has 0 saturated carbocycles. The molecule has 1 atom stereocenters. The van der Waals surface area contributed by atoms with Gasteiger partial charge >= 0.3 is 5.97 Å². The maximum Gasteiger partial charge on any atom is 0.352 e. The second-order valence-corrected chi connectivity index (χ2v) is 5.22. The van der Waals surface area contributed by atoms with E-state index in [1.165, 1.54) is 6.08 Å². The average molecular weight is 317 g/mol. The summed E-state index contributed by atoms with van der Waals surface area (Å²) >= 11 is 5.89. The SMILES string of the molecule is C=CCOC(=O)C(Oc1cccc(C)c1)c1ccc(Cl)cc1. The van der Waals surface area contributed by atoms with Crippen molar-refractivity contribution in [2.75, 3.05) is 6.61 Å². The van der Waals surface area contributed by atoms with E-state index in [0.29, 0.717) is 16.3 Å². The van der Waals surface area contributed by atoms with Gasteiger partial charge in [0.15, 0.2) is 0 Å². The Morgan fingerprint density at radius 3 is 2.64 bits per heavy atom. The van der Waals surface area contributed by atoms with E-state index in [1.54, 1.807) is 30.3 Å². The van der Waals surface area contributed by atoms with Crippen LogP contribution in [0.5, 0.6) is 5.75 Å². The summed E-state index contributed by atoms with van der Waals surface area (Å²) in [5.74, 6) is 0.138. The molecule has 0 aliphatic carbocycles. The highest BCUT2D eigenvalue weighted by Crippen LogP contribution is 2.25. The molecule has 0 aliphatic rings. The van der Waals surface area contributed by atoms with Gasteiger partial charge in [-0.2, -0.15) is 0 Å². The van der Waals surface area contributed by atoms with Crippen molar-refractivity contribution >= 4 is 17.6 Å². The number of halogens is 1. The maximum atomic E-state index is 12.2. The fraction of sp³-hybridized carbons (Fsp3) is 0.167. The minimum atomic E-state index is -0.848. The molecular formula is C18H17ClO3.